The van der Waals surface area contributed by atoms with Crippen molar-refractivity contribution < 1.29 is 19.4 Å². The maximum atomic E-state index is 11.9. The number of phenolic OH excluding ortho intramolecular Hbond substituents is 1. The van der Waals surface area contributed by atoms with Gasteiger partial charge in [0.25, 0.3) is 0 Å². The Morgan fingerprint density at radius 3 is 2.61 bits per heavy atom. The van der Waals surface area contributed by atoms with E-state index in [9.17, 15) is 9.90 Å². The van der Waals surface area contributed by atoms with Gasteiger partial charge in [0, 0.05) is 12.6 Å². The van der Waals surface area contributed by atoms with Crippen molar-refractivity contribution in [2.45, 2.75) is 12.5 Å². The van der Waals surface area contributed by atoms with Gasteiger partial charge in [0.2, 0.25) is 0 Å². The van der Waals surface area contributed by atoms with Crippen LogP contribution in [0.5, 0.6) is 11.5 Å². The molecule has 1 N–H and O–H groups in total. The molecule has 2 rings (SSSR count). The van der Waals surface area contributed by atoms with E-state index in [1.165, 1.54) is 20.3 Å². The van der Waals surface area contributed by atoms with Crippen LogP contribution in [0.3, 0.4) is 0 Å². The zero-order valence-corrected chi connectivity index (χ0v) is 13.1. The van der Waals surface area contributed by atoms with E-state index in [1.54, 1.807) is 18.3 Å². The standard InChI is InChI=1S/C18H19NO4/c1-22-17-11-14(8-9-16(17)20)12-19-15(18(21)23-2)10-13-6-4-3-5-7-13/h3-9,11-12,15,20H,10H2,1-2H3/t15-/m0/s1. The average molecular weight is 313 g/mol. The second-order valence-electron chi connectivity index (χ2n) is 4.94. The maximum absolute atomic E-state index is 11.9. The third-order valence-corrected chi connectivity index (χ3v) is 3.35. The number of hydrogen-bond acceptors (Lipinski definition) is 5. The number of rotatable bonds is 6. The van der Waals surface area contributed by atoms with Gasteiger partial charge >= 0.3 is 5.97 Å². The maximum Gasteiger partial charge on any atom is 0.330 e. The van der Waals surface area contributed by atoms with Crippen LogP contribution in [-0.2, 0) is 16.0 Å². The van der Waals surface area contributed by atoms with Crippen LogP contribution < -0.4 is 4.74 Å². The molecule has 0 unspecified atom stereocenters. The van der Waals surface area contributed by atoms with Crippen molar-refractivity contribution in [1.82, 2.24) is 0 Å². The van der Waals surface area contributed by atoms with Crippen LogP contribution in [0.25, 0.3) is 0 Å². The minimum absolute atomic E-state index is 0.0541. The smallest absolute Gasteiger partial charge is 0.330 e. The molecule has 2 aromatic rings. The van der Waals surface area contributed by atoms with Crippen LogP contribution in [0, 0.1) is 0 Å². The Balaban J connectivity index is 2.18. The lowest BCUT2D eigenvalue weighted by Crippen LogP contribution is -2.23. The van der Waals surface area contributed by atoms with Gasteiger partial charge in [-0.3, -0.25) is 4.99 Å². The number of methoxy groups -OCH3 is 2. The predicted octanol–water partition coefficient (Wildman–Crippen LogP) is 2.60. The third kappa shape index (κ3) is 4.57. The zero-order valence-electron chi connectivity index (χ0n) is 13.1. The monoisotopic (exact) mass is 313 g/mol. The topological polar surface area (TPSA) is 68.1 Å². The number of hydrogen-bond donors (Lipinski definition) is 1. The van der Waals surface area contributed by atoms with Gasteiger partial charge in [-0.05, 0) is 29.3 Å². The van der Waals surface area contributed by atoms with Crippen molar-refractivity contribution in [1.29, 1.82) is 0 Å². The van der Waals surface area contributed by atoms with Crippen LogP contribution in [0.15, 0.2) is 53.5 Å². The van der Waals surface area contributed by atoms with E-state index in [1.807, 2.05) is 30.3 Å². The molecule has 0 aliphatic rings. The summed E-state index contributed by atoms with van der Waals surface area (Å²) in [6, 6.07) is 13.9. The van der Waals surface area contributed by atoms with Crippen molar-refractivity contribution in [3.63, 3.8) is 0 Å². The van der Waals surface area contributed by atoms with E-state index in [0.717, 1.165) is 11.1 Å². The van der Waals surface area contributed by atoms with Gasteiger partial charge in [-0.1, -0.05) is 30.3 Å². The highest BCUT2D eigenvalue weighted by molar-refractivity contribution is 5.85. The first-order valence-corrected chi connectivity index (χ1v) is 7.16. The van der Waals surface area contributed by atoms with Gasteiger partial charge in [-0.2, -0.15) is 0 Å². The molecule has 5 nitrogen and oxygen atoms in total. The Labute approximate surface area is 135 Å². The minimum atomic E-state index is -0.623. The molecule has 0 spiro atoms. The normalized spacial score (nSPS) is 12.1. The number of phenols is 1. The minimum Gasteiger partial charge on any atom is -0.504 e. The first-order chi connectivity index (χ1) is 11.1. The number of aromatic hydroxyl groups is 1. The Hall–Kier alpha value is -2.82. The Bertz CT molecular complexity index is 683. The summed E-state index contributed by atoms with van der Waals surface area (Å²) >= 11 is 0. The van der Waals surface area contributed by atoms with Crippen molar-refractivity contribution in [2.24, 2.45) is 4.99 Å². The van der Waals surface area contributed by atoms with Crippen LogP contribution in [0.2, 0.25) is 0 Å². The number of aliphatic imine (C=N–C) groups is 1. The van der Waals surface area contributed by atoms with Crippen LogP contribution >= 0.6 is 0 Å². The lowest BCUT2D eigenvalue weighted by molar-refractivity contribution is -0.142. The van der Waals surface area contributed by atoms with E-state index in [4.69, 9.17) is 9.47 Å². The molecule has 0 heterocycles. The van der Waals surface area contributed by atoms with E-state index in [-0.39, 0.29) is 5.75 Å². The molecule has 0 saturated heterocycles. The van der Waals surface area contributed by atoms with Crippen molar-refractivity contribution in [3.8, 4) is 11.5 Å². The molecule has 1 atom stereocenters. The predicted molar refractivity (Wildman–Crippen MR) is 88.2 cm³/mol. The highest BCUT2D eigenvalue weighted by atomic mass is 16.5. The number of carbonyl (C=O) groups excluding carboxylic acids is 1. The molecular weight excluding hydrogens is 294 g/mol. The molecule has 0 bridgehead atoms. The van der Waals surface area contributed by atoms with E-state index >= 15 is 0 Å². The van der Waals surface area contributed by atoms with Crippen molar-refractivity contribution in [3.05, 3.63) is 59.7 Å². The zero-order chi connectivity index (χ0) is 16.7. The van der Waals surface area contributed by atoms with Crippen LogP contribution in [-0.4, -0.2) is 37.6 Å². The molecule has 0 fully saturated rings. The summed E-state index contributed by atoms with van der Waals surface area (Å²) in [5.74, 6) is 0.0147. The summed E-state index contributed by atoms with van der Waals surface area (Å²) in [6.45, 7) is 0. The molecule has 0 aliphatic heterocycles. The largest absolute Gasteiger partial charge is 0.504 e. The molecule has 23 heavy (non-hydrogen) atoms. The lowest BCUT2D eigenvalue weighted by atomic mass is 10.1. The second kappa shape index (κ2) is 7.98. The molecule has 0 aromatic heterocycles. The highest BCUT2D eigenvalue weighted by Crippen LogP contribution is 2.25. The number of benzene rings is 2. The third-order valence-electron chi connectivity index (χ3n) is 3.35. The molecule has 0 aliphatic carbocycles. The summed E-state index contributed by atoms with van der Waals surface area (Å²) in [6.07, 6.45) is 2.03. The highest BCUT2D eigenvalue weighted by Gasteiger charge is 2.17. The summed E-state index contributed by atoms with van der Waals surface area (Å²) < 4.78 is 9.87. The first kappa shape index (κ1) is 16.5. The number of ether oxygens (including phenoxy) is 2. The van der Waals surface area contributed by atoms with Crippen molar-refractivity contribution >= 4 is 12.2 Å². The quantitative estimate of drug-likeness (QED) is 0.657. The van der Waals surface area contributed by atoms with Gasteiger partial charge < -0.3 is 14.6 Å². The Kier molecular flexibility index (Phi) is 5.74. The molecule has 2 aromatic carbocycles. The van der Waals surface area contributed by atoms with Gasteiger partial charge in [0.1, 0.15) is 0 Å². The lowest BCUT2D eigenvalue weighted by Gasteiger charge is -2.10. The molecular formula is C18H19NO4. The molecule has 0 radical (unpaired) electrons. The fraction of sp³-hybridized carbons (Fsp3) is 0.222. The summed E-state index contributed by atoms with van der Waals surface area (Å²) in [4.78, 5) is 16.2. The van der Waals surface area contributed by atoms with Gasteiger partial charge in [-0.25, -0.2) is 4.79 Å². The van der Waals surface area contributed by atoms with E-state index < -0.39 is 12.0 Å². The fourth-order valence-corrected chi connectivity index (χ4v) is 2.12. The van der Waals surface area contributed by atoms with Gasteiger partial charge in [0.05, 0.1) is 14.2 Å². The number of nitrogens with zero attached hydrogens (tertiary/aromatic N) is 1. The molecule has 120 valence electrons. The average Bonchev–Trinajstić information content (AvgIpc) is 2.59. The molecule has 0 saturated carbocycles. The number of esters is 1. The summed E-state index contributed by atoms with van der Waals surface area (Å²) in [7, 11) is 2.82. The SMILES string of the molecule is COC(=O)[C@H](Cc1ccccc1)N=Cc1ccc(O)c(OC)c1. The Morgan fingerprint density at radius 2 is 1.96 bits per heavy atom. The van der Waals surface area contributed by atoms with Crippen molar-refractivity contribution in [2.75, 3.05) is 14.2 Å². The first-order valence-electron chi connectivity index (χ1n) is 7.16. The number of carbonyl (C=O) groups is 1. The van der Waals surface area contributed by atoms with Gasteiger partial charge in [0.15, 0.2) is 17.5 Å². The molecule has 0 amide bonds. The van der Waals surface area contributed by atoms with Crippen LogP contribution in [0.1, 0.15) is 11.1 Å². The van der Waals surface area contributed by atoms with Gasteiger partial charge in [-0.15, -0.1) is 0 Å². The van der Waals surface area contributed by atoms with E-state index in [0.29, 0.717) is 12.2 Å². The summed E-state index contributed by atoms with van der Waals surface area (Å²) in [5, 5.41) is 9.59. The van der Waals surface area contributed by atoms with E-state index in [2.05, 4.69) is 4.99 Å². The molecule has 5 heteroatoms. The van der Waals surface area contributed by atoms with Crippen LogP contribution in [0.4, 0.5) is 0 Å². The summed E-state index contributed by atoms with van der Waals surface area (Å²) in [5.41, 5.74) is 1.73. The second-order valence-corrected chi connectivity index (χ2v) is 4.94. The fourth-order valence-electron chi connectivity index (χ4n) is 2.12. The Morgan fingerprint density at radius 1 is 1.22 bits per heavy atom.